The second-order valence-corrected chi connectivity index (χ2v) is 7.34. The van der Waals surface area contributed by atoms with E-state index >= 15 is 0 Å². The Morgan fingerprint density at radius 1 is 1.20 bits per heavy atom. The topological polar surface area (TPSA) is 71.3 Å². The first-order valence-electron chi connectivity index (χ1n) is 10.8. The van der Waals surface area contributed by atoms with Gasteiger partial charge in [-0.3, -0.25) is 9.89 Å². The van der Waals surface area contributed by atoms with Gasteiger partial charge in [-0.1, -0.05) is 6.07 Å². The third kappa shape index (κ3) is 6.78. The van der Waals surface area contributed by atoms with Crippen LogP contribution in [0.25, 0.3) is 0 Å². The van der Waals surface area contributed by atoms with Crippen molar-refractivity contribution in [3.05, 3.63) is 48.4 Å². The zero-order valence-electron chi connectivity index (χ0n) is 18.1. The Balaban J connectivity index is 1.65. The molecule has 7 heteroatoms. The van der Waals surface area contributed by atoms with Crippen molar-refractivity contribution in [3.63, 3.8) is 0 Å². The Hall–Kier alpha value is -2.51. The van der Waals surface area contributed by atoms with Crippen molar-refractivity contribution in [1.82, 2.24) is 10.2 Å². The standard InChI is InChI=1S/C23H34N4O3/c1-3-24-23(26-19-9-6-10-20(17-19)29-16-8-14-28-2)25-18-21(22-11-7-15-30-22)27-12-4-5-13-27/h6-7,9-11,15,17,21H,3-5,8,12-14,16,18H2,1-2H3,(H2,24,25,26). The number of likely N-dealkylation sites (tertiary alicyclic amines) is 1. The SMILES string of the molecule is CCNC(=NCC(c1ccco1)N1CCCC1)Nc1cccc(OCCCOC)c1. The highest BCUT2D eigenvalue weighted by Gasteiger charge is 2.25. The van der Waals surface area contributed by atoms with Crippen LogP contribution in [-0.4, -0.2) is 57.4 Å². The highest BCUT2D eigenvalue weighted by Crippen LogP contribution is 2.26. The van der Waals surface area contributed by atoms with Gasteiger partial charge in [0.2, 0.25) is 0 Å². The van der Waals surface area contributed by atoms with Crippen LogP contribution in [0.4, 0.5) is 5.69 Å². The number of ether oxygens (including phenoxy) is 2. The van der Waals surface area contributed by atoms with Gasteiger partial charge in [0.25, 0.3) is 0 Å². The molecule has 0 spiro atoms. The molecule has 1 aromatic carbocycles. The van der Waals surface area contributed by atoms with Crippen LogP contribution in [0.5, 0.6) is 5.75 Å². The quantitative estimate of drug-likeness (QED) is 0.330. The minimum Gasteiger partial charge on any atom is -0.493 e. The summed E-state index contributed by atoms with van der Waals surface area (Å²) in [5.74, 6) is 2.56. The lowest BCUT2D eigenvalue weighted by molar-refractivity contribution is 0.172. The van der Waals surface area contributed by atoms with E-state index in [1.165, 1.54) is 12.8 Å². The number of methoxy groups -OCH3 is 1. The zero-order valence-corrected chi connectivity index (χ0v) is 18.1. The Labute approximate surface area is 179 Å². The molecule has 0 aliphatic carbocycles. The number of rotatable bonds is 11. The minimum atomic E-state index is 0.161. The normalized spacial score (nSPS) is 15.9. The van der Waals surface area contributed by atoms with Gasteiger partial charge in [0.15, 0.2) is 5.96 Å². The van der Waals surface area contributed by atoms with E-state index in [1.807, 2.05) is 36.4 Å². The number of benzene rings is 1. The lowest BCUT2D eigenvalue weighted by Gasteiger charge is -2.24. The number of nitrogens with one attached hydrogen (secondary N) is 2. The van der Waals surface area contributed by atoms with Gasteiger partial charge < -0.3 is 24.5 Å². The number of hydrogen-bond acceptors (Lipinski definition) is 5. The van der Waals surface area contributed by atoms with Gasteiger partial charge in [0.1, 0.15) is 11.5 Å². The summed E-state index contributed by atoms with van der Waals surface area (Å²) in [6.45, 7) is 7.00. The number of furan rings is 1. The first-order chi connectivity index (χ1) is 14.8. The maximum absolute atomic E-state index is 5.81. The van der Waals surface area contributed by atoms with Crippen LogP contribution in [0.15, 0.2) is 52.1 Å². The smallest absolute Gasteiger partial charge is 0.195 e. The van der Waals surface area contributed by atoms with Crippen molar-refractivity contribution in [1.29, 1.82) is 0 Å². The van der Waals surface area contributed by atoms with Crippen LogP contribution in [0.3, 0.4) is 0 Å². The highest BCUT2D eigenvalue weighted by atomic mass is 16.5. The van der Waals surface area contributed by atoms with Crippen molar-refractivity contribution < 1.29 is 13.9 Å². The molecule has 1 atom stereocenters. The maximum atomic E-state index is 5.81. The molecule has 164 valence electrons. The van der Waals surface area contributed by atoms with Crippen molar-refractivity contribution >= 4 is 11.6 Å². The molecular weight excluding hydrogens is 380 g/mol. The number of nitrogens with zero attached hydrogens (tertiary/aromatic N) is 2. The average molecular weight is 415 g/mol. The summed E-state index contributed by atoms with van der Waals surface area (Å²) in [5, 5.41) is 6.73. The molecule has 2 aromatic rings. The number of guanidine groups is 1. The van der Waals surface area contributed by atoms with Crippen LogP contribution in [-0.2, 0) is 4.74 Å². The van der Waals surface area contributed by atoms with E-state index in [0.29, 0.717) is 19.8 Å². The summed E-state index contributed by atoms with van der Waals surface area (Å²) in [7, 11) is 1.70. The van der Waals surface area contributed by atoms with E-state index < -0.39 is 0 Å². The third-order valence-corrected chi connectivity index (χ3v) is 5.08. The lowest BCUT2D eigenvalue weighted by atomic mass is 10.2. The third-order valence-electron chi connectivity index (χ3n) is 5.08. The van der Waals surface area contributed by atoms with E-state index in [4.69, 9.17) is 18.9 Å². The van der Waals surface area contributed by atoms with E-state index in [2.05, 4.69) is 22.5 Å². The molecule has 0 radical (unpaired) electrons. The van der Waals surface area contributed by atoms with E-state index in [0.717, 1.165) is 49.2 Å². The summed E-state index contributed by atoms with van der Waals surface area (Å²) < 4.78 is 16.6. The first kappa shape index (κ1) is 22.2. The predicted molar refractivity (Wildman–Crippen MR) is 120 cm³/mol. The highest BCUT2D eigenvalue weighted by molar-refractivity contribution is 5.93. The van der Waals surface area contributed by atoms with Crippen molar-refractivity contribution in [2.45, 2.75) is 32.2 Å². The van der Waals surface area contributed by atoms with Crippen molar-refractivity contribution in [3.8, 4) is 5.75 Å². The van der Waals surface area contributed by atoms with E-state index in [9.17, 15) is 0 Å². The Kier molecular flexibility index (Phi) is 9.05. The minimum absolute atomic E-state index is 0.161. The molecular formula is C23H34N4O3. The molecule has 1 aliphatic rings. The molecule has 1 unspecified atom stereocenters. The molecule has 1 fully saturated rings. The summed E-state index contributed by atoms with van der Waals surface area (Å²) in [6.07, 6.45) is 5.07. The van der Waals surface area contributed by atoms with Gasteiger partial charge in [-0.25, -0.2) is 0 Å². The molecule has 1 aliphatic heterocycles. The molecule has 0 bridgehead atoms. The van der Waals surface area contributed by atoms with E-state index in [-0.39, 0.29) is 6.04 Å². The molecule has 1 saturated heterocycles. The van der Waals surface area contributed by atoms with E-state index in [1.54, 1.807) is 13.4 Å². The monoisotopic (exact) mass is 414 g/mol. The second-order valence-electron chi connectivity index (χ2n) is 7.34. The van der Waals surface area contributed by atoms with Gasteiger partial charge >= 0.3 is 0 Å². The fourth-order valence-electron chi connectivity index (χ4n) is 3.60. The van der Waals surface area contributed by atoms with Gasteiger partial charge in [-0.2, -0.15) is 0 Å². The molecule has 1 aromatic heterocycles. The molecule has 3 rings (SSSR count). The summed E-state index contributed by atoms with van der Waals surface area (Å²) in [5.41, 5.74) is 0.940. The summed E-state index contributed by atoms with van der Waals surface area (Å²) >= 11 is 0. The summed E-state index contributed by atoms with van der Waals surface area (Å²) in [6, 6.07) is 12.1. The van der Waals surface area contributed by atoms with Gasteiger partial charge in [-0.15, -0.1) is 0 Å². The molecule has 0 saturated carbocycles. The maximum Gasteiger partial charge on any atom is 0.195 e. The largest absolute Gasteiger partial charge is 0.493 e. The number of hydrogen-bond donors (Lipinski definition) is 2. The Morgan fingerprint density at radius 2 is 2.07 bits per heavy atom. The van der Waals surface area contributed by atoms with Crippen LogP contribution in [0.1, 0.15) is 38.0 Å². The first-order valence-corrected chi connectivity index (χ1v) is 10.8. The Morgan fingerprint density at radius 3 is 2.80 bits per heavy atom. The van der Waals surface area contributed by atoms with Crippen LogP contribution in [0, 0.1) is 0 Å². The molecule has 0 amide bonds. The fourth-order valence-corrected chi connectivity index (χ4v) is 3.60. The van der Waals surface area contributed by atoms with Crippen LogP contribution >= 0.6 is 0 Å². The van der Waals surface area contributed by atoms with Crippen LogP contribution in [0.2, 0.25) is 0 Å². The van der Waals surface area contributed by atoms with Crippen molar-refractivity contribution in [2.75, 3.05) is 51.8 Å². The van der Waals surface area contributed by atoms with Gasteiger partial charge in [0.05, 0.1) is 25.5 Å². The van der Waals surface area contributed by atoms with Gasteiger partial charge in [0, 0.05) is 38.4 Å². The number of aliphatic imine (C=N–C) groups is 1. The molecule has 2 heterocycles. The fraction of sp³-hybridized carbons (Fsp3) is 0.522. The van der Waals surface area contributed by atoms with Crippen molar-refractivity contribution in [2.24, 2.45) is 4.99 Å². The Bertz CT molecular complexity index is 758. The second kappa shape index (κ2) is 12.2. The van der Waals surface area contributed by atoms with Crippen LogP contribution < -0.4 is 15.4 Å². The number of anilines is 1. The molecule has 7 nitrogen and oxygen atoms in total. The average Bonchev–Trinajstić information content (AvgIpc) is 3.47. The van der Waals surface area contributed by atoms with Gasteiger partial charge in [-0.05, 0) is 57.1 Å². The predicted octanol–water partition coefficient (Wildman–Crippen LogP) is 3.91. The molecule has 30 heavy (non-hydrogen) atoms. The summed E-state index contributed by atoms with van der Waals surface area (Å²) in [4.78, 5) is 7.32. The lowest BCUT2D eigenvalue weighted by Crippen LogP contribution is -2.33. The zero-order chi connectivity index (χ0) is 21.0. The molecule has 2 N–H and O–H groups in total.